The lowest BCUT2D eigenvalue weighted by Gasteiger charge is -2.18. The first kappa shape index (κ1) is 22.9. The van der Waals surface area contributed by atoms with E-state index in [1.807, 2.05) is 6.20 Å². The van der Waals surface area contributed by atoms with Crippen LogP contribution in [0.15, 0.2) is 139 Å². The first-order valence-corrected chi connectivity index (χ1v) is 13.7. The average Bonchev–Trinajstić information content (AvgIpc) is 3.19. The summed E-state index contributed by atoms with van der Waals surface area (Å²) >= 11 is 3.57. The minimum atomic E-state index is 0.803. The molecule has 0 aromatic heterocycles. The van der Waals surface area contributed by atoms with E-state index in [0.717, 1.165) is 16.6 Å². The van der Waals surface area contributed by atoms with E-state index in [4.69, 9.17) is 0 Å². The van der Waals surface area contributed by atoms with Crippen LogP contribution in [0.2, 0.25) is 0 Å². The van der Waals surface area contributed by atoms with Gasteiger partial charge in [0.1, 0.15) is 0 Å². The van der Waals surface area contributed by atoms with E-state index in [9.17, 15) is 0 Å². The Kier molecular flexibility index (Phi) is 5.76. The Morgan fingerprint density at radius 1 is 0.526 bits per heavy atom. The molecule has 0 spiro atoms. The molecule has 0 saturated heterocycles. The second kappa shape index (κ2) is 9.55. The molecule has 38 heavy (non-hydrogen) atoms. The standard InChI is InChI=1S/C36H24BrN/c37-34-18-8-11-27(23-38-34)36-32-15-5-3-13-30(32)35(31-14-4-6-16-33(31)36)26-21-19-25(20-22-26)29-17-7-10-24-9-1-2-12-28(24)29/h1-17,19-23H,18H2. The van der Waals surface area contributed by atoms with Gasteiger partial charge in [0.2, 0.25) is 0 Å². The van der Waals surface area contributed by atoms with Gasteiger partial charge in [-0.15, -0.1) is 0 Å². The molecule has 0 bridgehead atoms. The normalized spacial score (nSPS) is 13.5. The molecule has 0 radical (unpaired) electrons. The summed E-state index contributed by atoms with van der Waals surface area (Å²) in [6.45, 7) is 0. The fraction of sp³-hybridized carbons (Fsp3) is 0.0278. The van der Waals surface area contributed by atoms with Gasteiger partial charge in [-0.3, -0.25) is 4.99 Å². The van der Waals surface area contributed by atoms with Gasteiger partial charge in [-0.05, 0) is 76.1 Å². The van der Waals surface area contributed by atoms with Crippen molar-refractivity contribution in [1.29, 1.82) is 0 Å². The van der Waals surface area contributed by atoms with E-state index < -0.39 is 0 Å². The summed E-state index contributed by atoms with van der Waals surface area (Å²) in [6.07, 6.45) is 7.16. The van der Waals surface area contributed by atoms with Gasteiger partial charge in [0.05, 0.1) is 4.62 Å². The molecule has 1 aliphatic heterocycles. The molecule has 1 nitrogen and oxygen atoms in total. The summed E-state index contributed by atoms with van der Waals surface area (Å²) in [5.41, 5.74) is 7.34. The SMILES string of the molecule is BrC1=NC=C(c2c3ccccc3c(-c3ccc(-c4cccc5ccccc45)cc3)c3ccccc23)C=CC1. The van der Waals surface area contributed by atoms with Gasteiger partial charge in [-0.25, -0.2) is 0 Å². The zero-order valence-corrected chi connectivity index (χ0v) is 22.3. The predicted octanol–water partition coefficient (Wildman–Crippen LogP) is 10.6. The van der Waals surface area contributed by atoms with Crippen molar-refractivity contribution < 1.29 is 0 Å². The summed E-state index contributed by atoms with van der Waals surface area (Å²) in [5.74, 6) is 0. The molecule has 6 aromatic rings. The second-order valence-electron chi connectivity index (χ2n) is 9.64. The fourth-order valence-electron chi connectivity index (χ4n) is 5.71. The number of benzene rings is 6. The summed E-state index contributed by atoms with van der Waals surface area (Å²) in [5, 5.41) is 7.52. The number of aliphatic imine (C=N–C) groups is 1. The van der Waals surface area contributed by atoms with E-state index in [-0.39, 0.29) is 0 Å². The predicted molar refractivity (Wildman–Crippen MR) is 168 cm³/mol. The number of fused-ring (bicyclic) bond motifs is 3. The number of nitrogens with zero attached hydrogens (tertiary/aromatic N) is 1. The molecule has 0 N–H and O–H groups in total. The number of rotatable bonds is 3. The van der Waals surface area contributed by atoms with Gasteiger partial charge in [-0.1, -0.05) is 127 Å². The molecule has 0 saturated carbocycles. The van der Waals surface area contributed by atoms with Crippen molar-refractivity contribution in [1.82, 2.24) is 0 Å². The molecular formula is C36H24BrN. The summed E-state index contributed by atoms with van der Waals surface area (Å²) < 4.78 is 0.945. The third kappa shape index (κ3) is 3.89. The van der Waals surface area contributed by atoms with Gasteiger partial charge in [-0.2, -0.15) is 0 Å². The van der Waals surface area contributed by atoms with Crippen LogP contribution < -0.4 is 0 Å². The Morgan fingerprint density at radius 2 is 1.08 bits per heavy atom. The number of hydrogen-bond acceptors (Lipinski definition) is 1. The van der Waals surface area contributed by atoms with Crippen molar-refractivity contribution in [2.24, 2.45) is 4.99 Å². The van der Waals surface area contributed by atoms with Crippen molar-refractivity contribution in [3.63, 3.8) is 0 Å². The Morgan fingerprint density at radius 3 is 1.76 bits per heavy atom. The van der Waals surface area contributed by atoms with Gasteiger partial charge >= 0.3 is 0 Å². The lowest BCUT2D eigenvalue weighted by atomic mass is 9.85. The molecule has 0 amide bonds. The Bertz CT molecular complexity index is 1880. The molecule has 0 atom stereocenters. The molecule has 1 aliphatic rings. The minimum absolute atomic E-state index is 0.803. The molecule has 2 heteroatoms. The highest BCUT2D eigenvalue weighted by Crippen LogP contribution is 2.43. The fourth-order valence-corrected chi connectivity index (χ4v) is 6.00. The molecule has 1 heterocycles. The van der Waals surface area contributed by atoms with E-state index in [1.54, 1.807) is 0 Å². The molecule has 7 rings (SSSR count). The lowest BCUT2D eigenvalue weighted by Crippen LogP contribution is -1.93. The highest BCUT2D eigenvalue weighted by atomic mass is 79.9. The second-order valence-corrected chi connectivity index (χ2v) is 10.6. The van der Waals surface area contributed by atoms with Gasteiger partial charge in [0.15, 0.2) is 0 Å². The summed E-state index contributed by atoms with van der Waals surface area (Å²) in [4.78, 5) is 4.64. The minimum Gasteiger partial charge on any atom is -0.253 e. The lowest BCUT2D eigenvalue weighted by molar-refractivity contribution is 1.49. The van der Waals surface area contributed by atoms with Crippen LogP contribution in [0.5, 0.6) is 0 Å². The van der Waals surface area contributed by atoms with Crippen LogP contribution in [0.25, 0.3) is 60.1 Å². The highest BCUT2D eigenvalue weighted by Gasteiger charge is 2.17. The van der Waals surface area contributed by atoms with Crippen LogP contribution in [0.1, 0.15) is 12.0 Å². The summed E-state index contributed by atoms with van der Waals surface area (Å²) in [6, 6.07) is 41.7. The monoisotopic (exact) mass is 549 g/mol. The largest absolute Gasteiger partial charge is 0.253 e. The summed E-state index contributed by atoms with van der Waals surface area (Å²) in [7, 11) is 0. The van der Waals surface area contributed by atoms with Crippen LogP contribution in [-0.2, 0) is 0 Å². The molecule has 6 aromatic carbocycles. The van der Waals surface area contributed by atoms with Crippen molar-refractivity contribution in [2.75, 3.05) is 0 Å². The Balaban J connectivity index is 1.46. The first-order valence-electron chi connectivity index (χ1n) is 12.9. The molecular weight excluding hydrogens is 526 g/mol. The van der Waals surface area contributed by atoms with E-state index in [1.165, 1.54) is 60.1 Å². The van der Waals surface area contributed by atoms with Gasteiger partial charge < -0.3 is 0 Å². The maximum Gasteiger partial charge on any atom is 0.0867 e. The molecule has 0 aliphatic carbocycles. The molecule has 0 unspecified atom stereocenters. The van der Waals surface area contributed by atoms with Crippen molar-refractivity contribution in [3.8, 4) is 22.3 Å². The Labute approximate surface area is 230 Å². The van der Waals surface area contributed by atoms with Crippen LogP contribution in [0.4, 0.5) is 0 Å². The maximum absolute atomic E-state index is 4.64. The van der Waals surface area contributed by atoms with Crippen molar-refractivity contribution in [2.45, 2.75) is 6.42 Å². The van der Waals surface area contributed by atoms with Crippen molar-refractivity contribution >= 4 is 58.4 Å². The average molecular weight is 550 g/mol. The first-order chi connectivity index (χ1) is 18.8. The van der Waals surface area contributed by atoms with E-state index in [0.29, 0.717) is 0 Å². The quantitative estimate of drug-likeness (QED) is 0.194. The van der Waals surface area contributed by atoms with Gasteiger partial charge in [0.25, 0.3) is 0 Å². The van der Waals surface area contributed by atoms with E-state index >= 15 is 0 Å². The highest BCUT2D eigenvalue weighted by molar-refractivity contribution is 9.18. The zero-order valence-electron chi connectivity index (χ0n) is 20.7. The number of halogens is 1. The van der Waals surface area contributed by atoms with Crippen LogP contribution in [0.3, 0.4) is 0 Å². The van der Waals surface area contributed by atoms with Crippen LogP contribution >= 0.6 is 15.9 Å². The van der Waals surface area contributed by atoms with E-state index in [2.05, 4.69) is 148 Å². The number of hydrogen-bond donors (Lipinski definition) is 0. The molecule has 0 fully saturated rings. The zero-order chi connectivity index (χ0) is 25.5. The Hall–Kier alpha value is -4.27. The topological polar surface area (TPSA) is 12.4 Å². The van der Waals surface area contributed by atoms with Crippen molar-refractivity contribution in [3.05, 3.63) is 139 Å². The van der Waals surface area contributed by atoms with Crippen LogP contribution in [-0.4, -0.2) is 4.62 Å². The maximum atomic E-state index is 4.64. The van der Waals surface area contributed by atoms with Crippen LogP contribution in [0, 0.1) is 0 Å². The number of allylic oxidation sites excluding steroid dienone is 3. The smallest absolute Gasteiger partial charge is 0.0867 e. The third-order valence-corrected chi connectivity index (χ3v) is 7.95. The molecule has 180 valence electrons. The third-order valence-electron chi connectivity index (χ3n) is 7.42. The van der Waals surface area contributed by atoms with Gasteiger partial charge in [0, 0.05) is 18.2 Å².